The van der Waals surface area contributed by atoms with Gasteiger partial charge < -0.3 is 5.11 Å². The third-order valence-electron chi connectivity index (χ3n) is 3.75. The Morgan fingerprint density at radius 2 is 1.26 bits per heavy atom. The predicted molar refractivity (Wildman–Crippen MR) is 80.5 cm³/mol. The van der Waals surface area contributed by atoms with Gasteiger partial charge in [0.25, 0.3) is 0 Å². The van der Waals surface area contributed by atoms with Crippen molar-refractivity contribution in [2.45, 2.75) is 13.8 Å². The summed E-state index contributed by atoms with van der Waals surface area (Å²) in [5.41, 5.74) is 4.17. The number of benzene rings is 3. The summed E-state index contributed by atoms with van der Waals surface area (Å²) in [6.07, 6.45) is 0. The average Bonchev–Trinajstić information content (AvgIpc) is 2.46. The minimum atomic E-state index is 0.401. The van der Waals surface area contributed by atoms with E-state index < -0.39 is 0 Å². The summed E-state index contributed by atoms with van der Waals surface area (Å²) in [4.78, 5) is 0. The summed E-state index contributed by atoms with van der Waals surface area (Å²) in [6, 6.07) is 18.5. The molecule has 0 radical (unpaired) electrons. The van der Waals surface area contributed by atoms with Crippen molar-refractivity contribution in [1.82, 2.24) is 0 Å². The zero-order valence-electron chi connectivity index (χ0n) is 11.1. The number of hydrogen-bond acceptors (Lipinski definition) is 1. The van der Waals surface area contributed by atoms with Crippen molar-refractivity contribution in [3.05, 3.63) is 65.7 Å². The molecule has 0 saturated carbocycles. The molecule has 19 heavy (non-hydrogen) atoms. The van der Waals surface area contributed by atoms with E-state index in [1.54, 1.807) is 0 Å². The van der Waals surface area contributed by atoms with Gasteiger partial charge in [0, 0.05) is 0 Å². The summed E-state index contributed by atoms with van der Waals surface area (Å²) in [6.45, 7) is 3.95. The monoisotopic (exact) mass is 248 g/mol. The second-order valence-electron chi connectivity index (χ2n) is 4.89. The average molecular weight is 248 g/mol. The third-order valence-corrected chi connectivity index (χ3v) is 3.75. The quantitative estimate of drug-likeness (QED) is 0.654. The molecule has 0 aromatic heterocycles. The van der Waals surface area contributed by atoms with Crippen molar-refractivity contribution in [2.24, 2.45) is 0 Å². The molecule has 0 unspecified atom stereocenters. The first-order valence-corrected chi connectivity index (χ1v) is 6.46. The van der Waals surface area contributed by atoms with Gasteiger partial charge in [-0.3, -0.25) is 0 Å². The van der Waals surface area contributed by atoms with Gasteiger partial charge in [-0.2, -0.15) is 0 Å². The van der Waals surface area contributed by atoms with Crippen LogP contribution in [0.1, 0.15) is 11.1 Å². The number of rotatable bonds is 1. The molecule has 1 N–H and O–H groups in total. The lowest BCUT2D eigenvalue weighted by Gasteiger charge is -2.15. The van der Waals surface area contributed by atoms with Gasteiger partial charge in [0.15, 0.2) is 0 Å². The number of aromatic hydroxyl groups is 1. The smallest absolute Gasteiger partial charge is 0.122 e. The molecule has 0 fully saturated rings. The van der Waals surface area contributed by atoms with E-state index in [0.717, 1.165) is 27.6 Å². The van der Waals surface area contributed by atoms with Crippen LogP contribution in [0.5, 0.6) is 5.75 Å². The van der Waals surface area contributed by atoms with Crippen LogP contribution in [0.3, 0.4) is 0 Å². The topological polar surface area (TPSA) is 20.2 Å². The molecular weight excluding hydrogens is 232 g/mol. The fourth-order valence-corrected chi connectivity index (χ4v) is 2.73. The molecule has 0 heterocycles. The lowest BCUT2D eigenvalue weighted by molar-refractivity contribution is 0.468. The molecule has 1 nitrogen and oxygen atoms in total. The maximum absolute atomic E-state index is 10.3. The molecule has 0 saturated heterocycles. The lowest BCUT2D eigenvalue weighted by Crippen LogP contribution is -1.90. The van der Waals surface area contributed by atoms with Crippen LogP contribution in [0.15, 0.2) is 54.6 Å². The molecule has 0 spiro atoms. The molecule has 3 aromatic carbocycles. The highest BCUT2D eigenvalue weighted by Gasteiger charge is 2.14. The summed E-state index contributed by atoms with van der Waals surface area (Å²) in [7, 11) is 0. The number of aryl methyl sites for hydroxylation is 1. The Hall–Kier alpha value is -2.28. The van der Waals surface area contributed by atoms with E-state index >= 15 is 0 Å². The number of phenolic OH excluding ortho intramolecular Hbond substituents is 1. The molecule has 0 bridgehead atoms. The highest BCUT2D eigenvalue weighted by molar-refractivity contribution is 6.01. The van der Waals surface area contributed by atoms with Crippen LogP contribution in [-0.4, -0.2) is 5.11 Å². The Labute approximate surface area is 113 Å². The third kappa shape index (κ3) is 1.78. The summed E-state index contributed by atoms with van der Waals surface area (Å²) >= 11 is 0. The Morgan fingerprint density at radius 3 is 1.95 bits per heavy atom. The minimum Gasteiger partial charge on any atom is -0.507 e. The first kappa shape index (κ1) is 11.8. The summed E-state index contributed by atoms with van der Waals surface area (Å²) < 4.78 is 0. The van der Waals surface area contributed by atoms with E-state index in [1.807, 2.05) is 44.2 Å². The Bertz CT molecular complexity index is 742. The van der Waals surface area contributed by atoms with Gasteiger partial charge in [0.1, 0.15) is 5.75 Å². The van der Waals surface area contributed by atoms with Crippen LogP contribution in [0.4, 0.5) is 0 Å². The maximum Gasteiger partial charge on any atom is 0.122 e. The molecule has 0 amide bonds. The lowest BCUT2D eigenvalue weighted by atomic mass is 9.90. The van der Waals surface area contributed by atoms with Gasteiger partial charge in [0.05, 0.1) is 0 Å². The number of phenols is 1. The van der Waals surface area contributed by atoms with Crippen molar-refractivity contribution >= 4 is 10.8 Å². The Kier molecular flexibility index (Phi) is 2.75. The summed E-state index contributed by atoms with van der Waals surface area (Å²) in [5.74, 6) is 0.401. The molecule has 0 aliphatic heterocycles. The Morgan fingerprint density at radius 1 is 0.684 bits per heavy atom. The van der Waals surface area contributed by atoms with Crippen molar-refractivity contribution in [1.29, 1.82) is 0 Å². The van der Waals surface area contributed by atoms with E-state index in [2.05, 4.69) is 24.3 Å². The normalized spacial score (nSPS) is 10.8. The fourth-order valence-electron chi connectivity index (χ4n) is 2.73. The van der Waals surface area contributed by atoms with Crippen molar-refractivity contribution in [3.63, 3.8) is 0 Å². The van der Waals surface area contributed by atoms with Gasteiger partial charge >= 0.3 is 0 Å². The minimum absolute atomic E-state index is 0.401. The zero-order valence-corrected chi connectivity index (χ0v) is 11.1. The molecule has 0 aliphatic rings. The standard InChI is InChI=1S/C18H16O/c1-12-15-10-6-7-11-16(15)17(13(2)18(12)19)14-8-4-3-5-9-14/h3-11,19H,1-2H3. The first-order chi connectivity index (χ1) is 9.20. The first-order valence-electron chi connectivity index (χ1n) is 6.46. The van der Waals surface area contributed by atoms with Gasteiger partial charge in [-0.1, -0.05) is 54.6 Å². The van der Waals surface area contributed by atoms with Crippen LogP contribution in [0.25, 0.3) is 21.9 Å². The van der Waals surface area contributed by atoms with Crippen LogP contribution in [0, 0.1) is 13.8 Å². The van der Waals surface area contributed by atoms with E-state index in [-0.39, 0.29) is 0 Å². The number of hydrogen-bond donors (Lipinski definition) is 1. The van der Waals surface area contributed by atoms with E-state index in [9.17, 15) is 5.11 Å². The van der Waals surface area contributed by atoms with E-state index in [0.29, 0.717) is 5.75 Å². The SMILES string of the molecule is Cc1c(O)c(C)c2ccccc2c1-c1ccccc1. The summed E-state index contributed by atoms with van der Waals surface area (Å²) in [5, 5.41) is 12.7. The fraction of sp³-hybridized carbons (Fsp3) is 0.111. The molecule has 0 aliphatic carbocycles. The number of fused-ring (bicyclic) bond motifs is 1. The predicted octanol–water partition coefficient (Wildman–Crippen LogP) is 4.83. The zero-order chi connectivity index (χ0) is 13.4. The highest BCUT2D eigenvalue weighted by Crippen LogP contribution is 2.39. The molecule has 1 heteroatoms. The van der Waals surface area contributed by atoms with Gasteiger partial charge in [0.2, 0.25) is 0 Å². The molecule has 94 valence electrons. The van der Waals surface area contributed by atoms with Crippen molar-refractivity contribution in [2.75, 3.05) is 0 Å². The molecule has 0 atom stereocenters. The second-order valence-corrected chi connectivity index (χ2v) is 4.89. The maximum atomic E-state index is 10.3. The molecule has 3 aromatic rings. The molecular formula is C18H16O. The second kappa shape index (κ2) is 4.43. The van der Waals surface area contributed by atoms with Gasteiger partial charge in [-0.25, -0.2) is 0 Å². The van der Waals surface area contributed by atoms with Crippen LogP contribution in [0.2, 0.25) is 0 Å². The highest BCUT2D eigenvalue weighted by atomic mass is 16.3. The Balaban J connectivity index is 2.48. The molecule has 3 rings (SSSR count). The van der Waals surface area contributed by atoms with Crippen LogP contribution < -0.4 is 0 Å². The van der Waals surface area contributed by atoms with Crippen LogP contribution in [-0.2, 0) is 0 Å². The van der Waals surface area contributed by atoms with E-state index in [4.69, 9.17) is 0 Å². The van der Waals surface area contributed by atoms with Crippen molar-refractivity contribution < 1.29 is 5.11 Å². The van der Waals surface area contributed by atoms with Crippen LogP contribution >= 0.6 is 0 Å². The largest absolute Gasteiger partial charge is 0.507 e. The van der Waals surface area contributed by atoms with E-state index in [1.165, 1.54) is 5.39 Å². The van der Waals surface area contributed by atoms with Crippen molar-refractivity contribution in [3.8, 4) is 16.9 Å². The van der Waals surface area contributed by atoms with Gasteiger partial charge in [-0.05, 0) is 46.9 Å². The van der Waals surface area contributed by atoms with Gasteiger partial charge in [-0.15, -0.1) is 0 Å².